The molecule has 2 aromatic heterocycles. The number of rotatable bonds is 7. The van der Waals surface area contributed by atoms with Crippen LogP contribution in [-0.2, 0) is 19.5 Å². The fourth-order valence-corrected chi connectivity index (χ4v) is 2.90. The number of benzene rings is 1. The Balaban J connectivity index is 1.47. The van der Waals surface area contributed by atoms with Gasteiger partial charge in [0.25, 0.3) is 0 Å². The quantitative estimate of drug-likeness (QED) is 0.671. The van der Waals surface area contributed by atoms with Crippen LogP contribution in [0.3, 0.4) is 0 Å². The van der Waals surface area contributed by atoms with Crippen molar-refractivity contribution >= 4 is 11.7 Å². The minimum Gasteiger partial charge on any atom is -0.337 e. The molecular weight excluding hydrogens is 342 g/mol. The van der Waals surface area contributed by atoms with Crippen LogP contribution in [0.15, 0.2) is 36.7 Å². The third-order valence-corrected chi connectivity index (χ3v) is 4.32. The Morgan fingerprint density at radius 2 is 1.96 bits per heavy atom. The van der Waals surface area contributed by atoms with E-state index in [-0.39, 0.29) is 6.03 Å². The van der Waals surface area contributed by atoms with Gasteiger partial charge in [-0.3, -0.25) is 4.68 Å². The third-order valence-electron chi connectivity index (χ3n) is 4.32. The van der Waals surface area contributed by atoms with E-state index in [0.717, 1.165) is 35.0 Å². The van der Waals surface area contributed by atoms with E-state index in [1.807, 2.05) is 54.3 Å². The highest BCUT2D eigenvalue weighted by molar-refractivity contribution is 5.89. The Kier molecular flexibility index (Phi) is 5.85. The average Bonchev–Trinajstić information content (AvgIpc) is 3.22. The topological polar surface area (TPSA) is 89.7 Å². The predicted molar refractivity (Wildman–Crippen MR) is 104 cm³/mol. The van der Waals surface area contributed by atoms with E-state index in [9.17, 15) is 4.79 Å². The summed E-state index contributed by atoms with van der Waals surface area (Å²) < 4.78 is 3.93. The fraction of sp³-hybridized carbons (Fsp3) is 0.368. The van der Waals surface area contributed by atoms with Crippen LogP contribution in [-0.4, -0.2) is 37.1 Å². The second kappa shape index (κ2) is 8.48. The lowest BCUT2D eigenvalue weighted by Gasteiger charge is -2.09. The molecule has 0 saturated heterocycles. The smallest absolute Gasteiger partial charge is 0.319 e. The zero-order valence-corrected chi connectivity index (χ0v) is 15.9. The lowest BCUT2D eigenvalue weighted by molar-refractivity contribution is 0.252. The summed E-state index contributed by atoms with van der Waals surface area (Å²) in [5.41, 5.74) is 4.03. The molecule has 27 heavy (non-hydrogen) atoms. The van der Waals surface area contributed by atoms with Gasteiger partial charge in [-0.15, -0.1) is 10.2 Å². The van der Waals surface area contributed by atoms with Gasteiger partial charge in [0.05, 0.1) is 12.2 Å². The molecule has 0 bridgehead atoms. The minimum absolute atomic E-state index is 0.233. The third kappa shape index (κ3) is 4.93. The van der Waals surface area contributed by atoms with Crippen LogP contribution in [0.25, 0.3) is 0 Å². The van der Waals surface area contributed by atoms with Crippen LogP contribution in [0, 0.1) is 13.8 Å². The number of aryl methyl sites for hydroxylation is 3. The number of hydrogen-bond acceptors (Lipinski definition) is 4. The summed E-state index contributed by atoms with van der Waals surface area (Å²) in [6.07, 6.45) is 2.34. The molecule has 3 rings (SSSR count). The van der Waals surface area contributed by atoms with E-state index in [2.05, 4.69) is 32.0 Å². The summed E-state index contributed by atoms with van der Waals surface area (Å²) in [5, 5.41) is 18.1. The van der Waals surface area contributed by atoms with Crippen LogP contribution in [0.5, 0.6) is 0 Å². The van der Waals surface area contributed by atoms with Crippen molar-refractivity contribution < 1.29 is 4.79 Å². The molecule has 0 saturated carbocycles. The van der Waals surface area contributed by atoms with Gasteiger partial charge in [0, 0.05) is 30.9 Å². The van der Waals surface area contributed by atoms with E-state index in [4.69, 9.17) is 0 Å². The summed E-state index contributed by atoms with van der Waals surface area (Å²) in [4.78, 5) is 12.0. The first-order valence-corrected chi connectivity index (χ1v) is 9.06. The van der Waals surface area contributed by atoms with Gasteiger partial charge in [0.1, 0.15) is 12.2 Å². The average molecular weight is 367 g/mol. The Hall–Kier alpha value is -3.16. The van der Waals surface area contributed by atoms with Crippen molar-refractivity contribution in [1.82, 2.24) is 29.9 Å². The van der Waals surface area contributed by atoms with Gasteiger partial charge >= 0.3 is 6.03 Å². The molecular formula is C19H25N7O. The molecule has 0 fully saturated rings. The maximum absolute atomic E-state index is 12.0. The van der Waals surface area contributed by atoms with Crippen molar-refractivity contribution in [1.29, 1.82) is 0 Å². The molecule has 1 aromatic carbocycles. The summed E-state index contributed by atoms with van der Waals surface area (Å²) in [7, 11) is 0. The molecule has 2 N–H and O–H groups in total. The standard InChI is InChI=1S/C19H25N7O/c1-4-25-13-21-23-18(25)9-10-20-19(27)22-17-7-5-16(6-8-17)12-26-15(3)11-14(2)24-26/h5-8,11,13H,4,9-10,12H2,1-3H3,(H2,20,22,27). The highest BCUT2D eigenvalue weighted by Gasteiger charge is 2.06. The Morgan fingerprint density at radius 3 is 2.63 bits per heavy atom. The SMILES string of the molecule is CCn1cnnc1CCNC(=O)Nc1ccc(Cn2nc(C)cc2C)cc1. The van der Waals surface area contributed by atoms with Crippen molar-refractivity contribution in [2.45, 2.75) is 40.3 Å². The van der Waals surface area contributed by atoms with E-state index in [1.54, 1.807) is 6.33 Å². The largest absolute Gasteiger partial charge is 0.337 e. The number of carbonyl (C=O) groups excluding carboxylic acids is 1. The van der Waals surface area contributed by atoms with E-state index in [0.29, 0.717) is 19.5 Å². The number of amides is 2. The lowest BCUT2D eigenvalue weighted by Crippen LogP contribution is -2.30. The summed E-state index contributed by atoms with van der Waals surface area (Å²) >= 11 is 0. The minimum atomic E-state index is -0.233. The number of carbonyl (C=O) groups is 1. The number of nitrogens with one attached hydrogen (secondary N) is 2. The molecule has 0 aliphatic rings. The second-order valence-corrected chi connectivity index (χ2v) is 6.45. The van der Waals surface area contributed by atoms with Crippen molar-refractivity contribution in [3.05, 3.63) is 59.4 Å². The van der Waals surface area contributed by atoms with Crippen LogP contribution >= 0.6 is 0 Å². The molecule has 0 atom stereocenters. The molecule has 0 aliphatic heterocycles. The van der Waals surface area contributed by atoms with Gasteiger partial charge in [-0.1, -0.05) is 12.1 Å². The number of aromatic nitrogens is 5. The van der Waals surface area contributed by atoms with Crippen LogP contribution in [0.4, 0.5) is 10.5 Å². The molecule has 142 valence electrons. The molecule has 2 amide bonds. The molecule has 3 aromatic rings. The Bertz CT molecular complexity index is 895. The monoisotopic (exact) mass is 367 g/mol. The van der Waals surface area contributed by atoms with Gasteiger partial charge < -0.3 is 15.2 Å². The number of urea groups is 1. The number of nitrogens with zero attached hydrogens (tertiary/aromatic N) is 5. The molecule has 8 heteroatoms. The zero-order valence-electron chi connectivity index (χ0n) is 15.9. The Labute approximate surface area is 158 Å². The molecule has 0 unspecified atom stereocenters. The van der Waals surface area contributed by atoms with Gasteiger partial charge in [0.2, 0.25) is 0 Å². The second-order valence-electron chi connectivity index (χ2n) is 6.45. The van der Waals surface area contributed by atoms with Crippen LogP contribution in [0.1, 0.15) is 29.7 Å². The fourth-order valence-electron chi connectivity index (χ4n) is 2.90. The highest BCUT2D eigenvalue weighted by atomic mass is 16.2. The van der Waals surface area contributed by atoms with Crippen LogP contribution in [0.2, 0.25) is 0 Å². The van der Waals surface area contributed by atoms with Crippen molar-refractivity contribution in [2.24, 2.45) is 0 Å². The first-order valence-electron chi connectivity index (χ1n) is 9.06. The molecule has 2 heterocycles. The molecule has 8 nitrogen and oxygen atoms in total. The summed E-state index contributed by atoms with van der Waals surface area (Å²) in [6, 6.07) is 9.61. The zero-order chi connectivity index (χ0) is 19.2. The molecule has 0 radical (unpaired) electrons. The number of anilines is 1. The van der Waals surface area contributed by atoms with Crippen molar-refractivity contribution in [3.63, 3.8) is 0 Å². The maximum Gasteiger partial charge on any atom is 0.319 e. The van der Waals surface area contributed by atoms with E-state index >= 15 is 0 Å². The van der Waals surface area contributed by atoms with E-state index < -0.39 is 0 Å². The van der Waals surface area contributed by atoms with E-state index in [1.165, 1.54) is 0 Å². The normalized spacial score (nSPS) is 10.8. The van der Waals surface area contributed by atoms with Gasteiger partial charge in [-0.25, -0.2) is 4.79 Å². The lowest BCUT2D eigenvalue weighted by atomic mass is 10.2. The first-order chi connectivity index (χ1) is 13.0. The van der Waals surface area contributed by atoms with Gasteiger partial charge in [0.15, 0.2) is 0 Å². The van der Waals surface area contributed by atoms with Crippen molar-refractivity contribution in [3.8, 4) is 0 Å². The number of hydrogen-bond donors (Lipinski definition) is 2. The van der Waals surface area contributed by atoms with Crippen molar-refractivity contribution in [2.75, 3.05) is 11.9 Å². The van der Waals surface area contributed by atoms with Gasteiger partial charge in [-0.05, 0) is 44.5 Å². The van der Waals surface area contributed by atoms with Crippen LogP contribution < -0.4 is 10.6 Å². The summed E-state index contributed by atoms with van der Waals surface area (Å²) in [5.74, 6) is 0.867. The predicted octanol–water partition coefficient (Wildman–Crippen LogP) is 2.52. The Morgan fingerprint density at radius 1 is 1.19 bits per heavy atom. The maximum atomic E-state index is 12.0. The molecule has 0 aliphatic carbocycles. The first kappa shape index (κ1) is 18.6. The molecule has 0 spiro atoms. The summed E-state index contributed by atoms with van der Waals surface area (Å²) in [6.45, 7) is 8.10. The van der Waals surface area contributed by atoms with Gasteiger partial charge in [-0.2, -0.15) is 5.10 Å². The highest BCUT2D eigenvalue weighted by Crippen LogP contribution is 2.12.